The minimum absolute atomic E-state index is 0.144. The molecule has 2 rings (SSSR count). The van der Waals surface area contributed by atoms with Gasteiger partial charge >= 0.3 is 0 Å². The molecule has 1 aromatic carbocycles. The van der Waals surface area contributed by atoms with Crippen molar-refractivity contribution in [3.05, 3.63) is 46.2 Å². The van der Waals surface area contributed by atoms with Crippen LogP contribution in [-0.4, -0.2) is 9.55 Å². The number of imidazole rings is 1. The van der Waals surface area contributed by atoms with E-state index in [0.29, 0.717) is 4.77 Å². The number of halogens is 3. The Balaban J connectivity index is 2.66. The first-order valence-electron chi connectivity index (χ1n) is 4.42. The molecule has 0 amide bonds. The summed E-state index contributed by atoms with van der Waals surface area (Å²) in [7, 11) is 0. The highest BCUT2D eigenvalue weighted by Gasteiger charge is 2.12. The molecule has 1 heterocycles. The molecule has 0 spiro atoms. The van der Waals surface area contributed by atoms with Crippen molar-refractivity contribution < 1.29 is 13.2 Å². The third-order valence-corrected chi connectivity index (χ3v) is 2.39. The van der Waals surface area contributed by atoms with Crippen molar-refractivity contribution in [3.63, 3.8) is 0 Å². The number of hydrogen-bond acceptors (Lipinski definition) is 1. The van der Waals surface area contributed by atoms with E-state index < -0.39 is 17.5 Å². The molecule has 1 N–H and O–H groups in total. The van der Waals surface area contributed by atoms with Crippen LogP contribution in [0, 0.1) is 29.1 Å². The SMILES string of the molecule is Cc1cn(-c2cc(F)c(F)c(F)c2)c(=S)[nH]1. The van der Waals surface area contributed by atoms with Gasteiger partial charge in [0.05, 0.1) is 5.69 Å². The highest BCUT2D eigenvalue weighted by Crippen LogP contribution is 2.17. The van der Waals surface area contributed by atoms with Gasteiger partial charge in [-0.3, -0.25) is 4.57 Å². The van der Waals surface area contributed by atoms with E-state index in [1.54, 1.807) is 13.1 Å². The Hall–Kier alpha value is -1.56. The zero-order valence-corrected chi connectivity index (χ0v) is 9.04. The van der Waals surface area contributed by atoms with Gasteiger partial charge in [-0.2, -0.15) is 0 Å². The van der Waals surface area contributed by atoms with E-state index in [9.17, 15) is 13.2 Å². The van der Waals surface area contributed by atoms with Crippen LogP contribution in [0.3, 0.4) is 0 Å². The van der Waals surface area contributed by atoms with Crippen LogP contribution < -0.4 is 0 Å². The van der Waals surface area contributed by atoms with Gasteiger partial charge < -0.3 is 4.98 Å². The first kappa shape index (κ1) is 10.9. The standard InChI is InChI=1S/C10H7F3N2S/c1-5-4-15(10(16)14-5)6-2-7(11)9(13)8(12)3-6/h2-4H,1H3,(H,14,16). The molecule has 0 bridgehead atoms. The van der Waals surface area contributed by atoms with Gasteiger partial charge in [0.2, 0.25) is 0 Å². The fourth-order valence-electron chi connectivity index (χ4n) is 1.39. The first-order valence-corrected chi connectivity index (χ1v) is 4.83. The van der Waals surface area contributed by atoms with Crippen LogP contribution in [-0.2, 0) is 0 Å². The minimum atomic E-state index is -1.48. The molecule has 0 atom stereocenters. The molecule has 0 aliphatic heterocycles. The topological polar surface area (TPSA) is 20.7 Å². The summed E-state index contributed by atoms with van der Waals surface area (Å²) in [5, 5.41) is 0. The third kappa shape index (κ3) is 1.76. The first-order chi connectivity index (χ1) is 7.49. The lowest BCUT2D eigenvalue weighted by Gasteiger charge is -2.03. The minimum Gasteiger partial charge on any atom is -0.335 e. The lowest BCUT2D eigenvalue weighted by Crippen LogP contribution is -1.98. The normalized spacial score (nSPS) is 10.8. The molecule has 1 aromatic heterocycles. The second kappa shape index (κ2) is 3.79. The van der Waals surface area contributed by atoms with Gasteiger partial charge in [-0.1, -0.05) is 0 Å². The molecule has 0 saturated carbocycles. The van der Waals surface area contributed by atoms with E-state index >= 15 is 0 Å². The Morgan fingerprint density at radius 3 is 2.19 bits per heavy atom. The number of aryl methyl sites for hydroxylation is 1. The fourth-order valence-corrected chi connectivity index (χ4v) is 1.71. The molecule has 0 saturated heterocycles. The average Bonchev–Trinajstić information content (AvgIpc) is 2.53. The lowest BCUT2D eigenvalue weighted by molar-refractivity contribution is 0.446. The van der Waals surface area contributed by atoms with Gasteiger partial charge in [0.15, 0.2) is 22.2 Å². The second-order valence-corrected chi connectivity index (χ2v) is 3.72. The van der Waals surface area contributed by atoms with E-state index in [0.717, 1.165) is 17.8 Å². The highest BCUT2D eigenvalue weighted by atomic mass is 32.1. The van der Waals surface area contributed by atoms with Crippen LogP contribution >= 0.6 is 12.2 Å². The molecular formula is C10H7F3N2S. The van der Waals surface area contributed by atoms with Crippen LogP contribution in [0.1, 0.15) is 5.69 Å². The summed E-state index contributed by atoms with van der Waals surface area (Å²) in [6, 6.07) is 1.78. The third-order valence-electron chi connectivity index (χ3n) is 2.09. The summed E-state index contributed by atoms with van der Waals surface area (Å²) in [4.78, 5) is 2.80. The van der Waals surface area contributed by atoms with E-state index in [4.69, 9.17) is 12.2 Å². The summed E-state index contributed by atoms with van der Waals surface area (Å²) < 4.78 is 40.4. The number of benzene rings is 1. The van der Waals surface area contributed by atoms with Crippen molar-refractivity contribution in [3.8, 4) is 5.69 Å². The summed E-state index contributed by atoms with van der Waals surface area (Å²) in [5.41, 5.74) is 0.890. The smallest absolute Gasteiger partial charge is 0.194 e. The molecule has 6 heteroatoms. The van der Waals surface area contributed by atoms with Gasteiger partial charge in [-0.25, -0.2) is 13.2 Å². The largest absolute Gasteiger partial charge is 0.335 e. The summed E-state index contributed by atoms with van der Waals surface area (Å²) in [6.45, 7) is 1.75. The number of hydrogen-bond donors (Lipinski definition) is 1. The zero-order valence-electron chi connectivity index (χ0n) is 8.22. The van der Waals surface area contributed by atoms with Gasteiger partial charge in [0.1, 0.15) is 0 Å². The summed E-state index contributed by atoms with van der Waals surface area (Å²) >= 11 is 4.94. The lowest BCUT2D eigenvalue weighted by atomic mass is 10.3. The highest BCUT2D eigenvalue weighted by molar-refractivity contribution is 7.71. The monoisotopic (exact) mass is 244 g/mol. The maximum atomic E-state index is 13.0. The van der Waals surface area contributed by atoms with Crippen molar-refractivity contribution in [2.75, 3.05) is 0 Å². The molecule has 16 heavy (non-hydrogen) atoms. The molecule has 84 valence electrons. The van der Waals surface area contributed by atoms with Crippen LogP contribution in [0.5, 0.6) is 0 Å². The van der Waals surface area contributed by atoms with Crippen molar-refractivity contribution in [1.82, 2.24) is 9.55 Å². The van der Waals surface area contributed by atoms with Gasteiger partial charge in [0, 0.05) is 24.0 Å². The molecule has 0 radical (unpaired) electrons. The number of nitrogens with one attached hydrogen (secondary N) is 1. The molecule has 0 aliphatic rings. The van der Waals surface area contributed by atoms with E-state index in [2.05, 4.69) is 4.98 Å². The predicted octanol–water partition coefficient (Wildman–Crippen LogP) is 3.26. The summed E-state index contributed by atoms with van der Waals surface area (Å²) in [6.07, 6.45) is 1.58. The second-order valence-electron chi connectivity index (χ2n) is 3.34. The van der Waals surface area contributed by atoms with Crippen LogP contribution in [0.15, 0.2) is 18.3 Å². The Morgan fingerprint density at radius 1 is 1.19 bits per heavy atom. The van der Waals surface area contributed by atoms with Crippen molar-refractivity contribution in [2.24, 2.45) is 0 Å². The van der Waals surface area contributed by atoms with Crippen LogP contribution in [0.25, 0.3) is 5.69 Å². The summed E-state index contributed by atoms with van der Waals surface area (Å²) in [5.74, 6) is -3.96. The van der Waals surface area contributed by atoms with Crippen molar-refractivity contribution >= 4 is 12.2 Å². The number of rotatable bonds is 1. The number of aromatic nitrogens is 2. The van der Waals surface area contributed by atoms with Crippen LogP contribution in [0.4, 0.5) is 13.2 Å². The quantitative estimate of drug-likeness (QED) is 0.603. The zero-order chi connectivity index (χ0) is 11.9. The fraction of sp³-hybridized carbons (Fsp3) is 0.100. The van der Waals surface area contributed by atoms with Gasteiger partial charge in [0.25, 0.3) is 0 Å². The van der Waals surface area contributed by atoms with Crippen molar-refractivity contribution in [1.29, 1.82) is 0 Å². The average molecular weight is 244 g/mol. The van der Waals surface area contributed by atoms with Gasteiger partial charge in [-0.05, 0) is 19.1 Å². The van der Waals surface area contributed by atoms with E-state index in [1.165, 1.54) is 4.57 Å². The maximum Gasteiger partial charge on any atom is 0.194 e. The predicted molar refractivity (Wildman–Crippen MR) is 55.6 cm³/mol. The number of aromatic amines is 1. The number of H-pyrrole nitrogens is 1. The van der Waals surface area contributed by atoms with Gasteiger partial charge in [-0.15, -0.1) is 0 Å². The van der Waals surface area contributed by atoms with Crippen LogP contribution in [0.2, 0.25) is 0 Å². The molecule has 2 nitrogen and oxygen atoms in total. The molecule has 2 aromatic rings. The Bertz CT molecular complexity index is 577. The van der Waals surface area contributed by atoms with Crippen molar-refractivity contribution in [2.45, 2.75) is 6.92 Å². The Labute approximate surface area is 94.3 Å². The number of nitrogens with zero attached hydrogens (tertiary/aromatic N) is 1. The molecule has 0 fully saturated rings. The molecule has 0 aliphatic carbocycles. The van der Waals surface area contributed by atoms with E-state index in [-0.39, 0.29) is 5.69 Å². The Morgan fingerprint density at radius 2 is 1.75 bits per heavy atom. The molecule has 0 unspecified atom stereocenters. The Kier molecular flexibility index (Phi) is 2.59. The maximum absolute atomic E-state index is 13.0. The van der Waals surface area contributed by atoms with E-state index in [1.807, 2.05) is 0 Å². The molecular weight excluding hydrogens is 237 g/mol.